The van der Waals surface area contributed by atoms with E-state index < -0.39 is 15.3 Å². The first-order chi connectivity index (χ1) is 8.49. The molecule has 0 aromatic carbocycles. The van der Waals surface area contributed by atoms with Crippen LogP contribution in [-0.4, -0.2) is 15.2 Å². The van der Waals surface area contributed by atoms with Gasteiger partial charge in [-0.25, -0.2) is 4.98 Å². The van der Waals surface area contributed by atoms with Crippen molar-refractivity contribution in [1.29, 1.82) is 0 Å². The predicted molar refractivity (Wildman–Crippen MR) is 79.9 cm³/mol. The van der Waals surface area contributed by atoms with Gasteiger partial charge < -0.3 is 5.32 Å². The summed E-state index contributed by atoms with van der Waals surface area (Å²) in [7, 11) is 0. The molecule has 1 fully saturated rings. The maximum absolute atomic E-state index is 12.3. The smallest absolute Gasteiger partial charge is 0.229 e. The van der Waals surface area contributed by atoms with Crippen LogP contribution in [0.4, 0.5) is 0 Å². The zero-order valence-corrected chi connectivity index (χ0v) is 14.1. The molecule has 0 aliphatic heterocycles. The first kappa shape index (κ1) is 15.1. The molecule has 1 heterocycles. The van der Waals surface area contributed by atoms with E-state index in [2.05, 4.69) is 10.3 Å². The van der Waals surface area contributed by atoms with E-state index in [1.165, 1.54) is 4.88 Å². The quantitative estimate of drug-likeness (QED) is 0.863. The SMILES string of the molecule is Cc1nc(C(C)(C)NC(=O)C2(C)CC2(Cl)Cl)sc1C. The van der Waals surface area contributed by atoms with Crippen molar-refractivity contribution in [3.63, 3.8) is 0 Å². The van der Waals surface area contributed by atoms with Crippen LogP contribution in [0.3, 0.4) is 0 Å². The fraction of sp³-hybridized carbons (Fsp3) is 0.692. The number of halogens is 2. The van der Waals surface area contributed by atoms with E-state index >= 15 is 0 Å². The van der Waals surface area contributed by atoms with Crippen molar-refractivity contribution in [2.45, 2.75) is 50.9 Å². The van der Waals surface area contributed by atoms with Gasteiger partial charge in [0.2, 0.25) is 5.91 Å². The highest BCUT2D eigenvalue weighted by Crippen LogP contribution is 2.64. The highest BCUT2D eigenvalue weighted by atomic mass is 35.5. The standard InChI is InChI=1S/C13H18Cl2N2OS/c1-7-8(2)19-10(16-7)11(3,4)17-9(18)12(5)6-13(12,14)15/h6H2,1-5H3,(H,17,18). The summed E-state index contributed by atoms with van der Waals surface area (Å²) in [5.74, 6) is -0.118. The van der Waals surface area contributed by atoms with Gasteiger partial charge in [0.05, 0.1) is 16.6 Å². The maximum Gasteiger partial charge on any atom is 0.229 e. The number of aryl methyl sites for hydroxylation is 2. The van der Waals surface area contributed by atoms with Gasteiger partial charge in [0.15, 0.2) is 0 Å². The van der Waals surface area contributed by atoms with Crippen molar-refractivity contribution >= 4 is 40.4 Å². The van der Waals surface area contributed by atoms with E-state index in [1.807, 2.05) is 27.7 Å². The number of hydrogen-bond acceptors (Lipinski definition) is 3. The first-order valence-electron chi connectivity index (χ1n) is 6.14. The van der Waals surface area contributed by atoms with E-state index in [0.29, 0.717) is 6.42 Å². The molecule has 19 heavy (non-hydrogen) atoms. The largest absolute Gasteiger partial charge is 0.344 e. The summed E-state index contributed by atoms with van der Waals surface area (Å²) in [6, 6.07) is 0. The van der Waals surface area contributed by atoms with E-state index in [1.54, 1.807) is 18.3 Å². The fourth-order valence-electron chi connectivity index (χ4n) is 1.86. The summed E-state index contributed by atoms with van der Waals surface area (Å²) in [5, 5.41) is 3.91. The van der Waals surface area contributed by atoms with Crippen LogP contribution in [-0.2, 0) is 10.3 Å². The number of hydrogen-bond donors (Lipinski definition) is 1. The molecular formula is C13H18Cl2N2OS. The molecule has 1 saturated carbocycles. The minimum absolute atomic E-state index is 0.118. The van der Waals surface area contributed by atoms with Gasteiger partial charge in [-0.1, -0.05) is 0 Å². The maximum atomic E-state index is 12.3. The number of carbonyl (C=O) groups excluding carboxylic acids is 1. The Balaban J connectivity index is 2.16. The van der Waals surface area contributed by atoms with Crippen molar-refractivity contribution in [1.82, 2.24) is 10.3 Å². The van der Waals surface area contributed by atoms with Crippen LogP contribution in [0.2, 0.25) is 0 Å². The van der Waals surface area contributed by atoms with Gasteiger partial charge >= 0.3 is 0 Å². The molecule has 1 aromatic rings. The Bertz CT molecular complexity index is 519. The number of amides is 1. The number of aromatic nitrogens is 1. The Kier molecular flexibility index (Phi) is 3.44. The normalized spacial score (nSPS) is 25.2. The molecule has 0 saturated heterocycles. The van der Waals surface area contributed by atoms with Crippen LogP contribution >= 0.6 is 34.5 Å². The molecule has 1 atom stereocenters. The Labute approximate surface area is 127 Å². The molecule has 1 aliphatic rings. The summed E-state index contributed by atoms with van der Waals surface area (Å²) in [5.41, 5.74) is -0.214. The Morgan fingerprint density at radius 1 is 1.42 bits per heavy atom. The van der Waals surface area contributed by atoms with Crippen molar-refractivity contribution < 1.29 is 4.79 Å². The third-order valence-electron chi connectivity index (χ3n) is 3.75. The van der Waals surface area contributed by atoms with Crippen LogP contribution in [0.15, 0.2) is 0 Å². The molecule has 3 nitrogen and oxygen atoms in total. The number of nitrogens with zero attached hydrogens (tertiary/aromatic N) is 1. The van der Waals surface area contributed by atoms with Gasteiger partial charge in [-0.3, -0.25) is 4.79 Å². The number of thiazole rings is 1. The van der Waals surface area contributed by atoms with Gasteiger partial charge in [-0.05, 0) is 41.0 Å². The van der Waals surface area contributed by atoms with Gasteiger partial charge in [0, 0.05) is 4.88 Å². The topological polar surface area (TPSA) is 42.0 Å². The highest BCUT2D eigenvalue weighted by molar-refractivity contribution is 7.11. The molecule has 1 amide bonds. The number of nitrogens with one attached hydrogen (secondary N) is 1. The molecule has 0 spiro atoms. The van der Waals surface area contributed by atoms with Gasteiger partial charge in [-0.2, -0.15) is 0 Å². The van der Waals surface area contributed by atoms with Gasteiger partial charge in [0.25, 0.3) is 0 Å². The molecule has 1 aromatic heterocycles. The average Bonchev–Trinajstić information content (AvgIpc) is 2.59. The minimum atomic E-state index is -0.943. The van der Waals surface area contributed by atoms with Crippen molar-refractivity contribution in [2.24, 2.45) is 5.41 Å². The van der Waals surface area contributed by atoms with Crippen molar-refractivity contribution in [3.8, 4) is 0 Å². The molecule has 0 bridgehead atoms. The third kappa shape index (κ3) is 2.50. The predicted octanol–water partition coefficient (Wildman–Crippen LogP) is 3.70. The monoisotopic (exact) mass is 320 g/mol. The van der Waals surface area contributed by atoms with E-state index in [9.17, 15) is 4.79 Å². The van der Waals surface area contributed by atoms with E-state index in [0.717, 1.165) is 10.7 Å². The molecule has 2 rings (SSSR count). The molecule has 1 N–H and O–H groups in total. The molecular weight excluding hydrogens is 303 g/mol. The molecule has 1 aliphatic carbocycles. The zero-order chi connectivity index (χ0) is 14.6. The molecule has 106 valence electrons. The van der Waals surface area contributed by atoms with Crippen LogP contribution < -0.4 is 5.32 Å². The first-order valence-corrected chi connectivity index (χ1v) is 7.72. The van der Waals surface area contributed by atoms with Crippen LogP contribution in [0.5, 0.6) is 0 Å². The lowest BCUT2D eigenvalue weighted by Gasteiger charge is -2.26. The third-order valence-corrected chi connectivity index (χ3v) is 6.25. The summed E-state index contributed by atoms with van der Waals surface area (Å²) in [6.07, 6.45) is 0.487. The fourth-order valence-corrected chi connectivity index (χ4v) is 3.54. The minimum Gasteiger partial charge on any atom is -0.344 e. The van der Waals surface area contributed by atoms with Gasteiger partial charge in [0.1, 0.15) is 9.34 Å². The molecule has 0 radical (unpaired) electrons. The molecule has 6 heteroatoms. The number of rotatable bonds is 3. The Morgan fingerprint density at radius 2 is 1.95 bits per heavy atom. The summed E-state index contributed by atoms with van der Waals surface area (Å²) in [6.45, 7) is 9.67. The second-order valence-electron chi connectivity index (χ2n) is 5.95. The van der Waals surface area contributed by atoms with Crippen molar-refractivity contribution in [3.05, 3.63) is 15.6 Å². The molecule has 1 unspecified atom stereocenters. The average molecular weight is 321 g/mol. The van der Waals surface area contributed by atoms with Gasteiger partial charge in [-0.15, -0.1) is 34.5 Å². The lowest BCUT2D eigenvalue weighted by atomic mass is 10.0. The lowest BCUT2D eigenvalue weighted by Crippen LogP contribution is -2.45. The highest BCUT2D eigenvalue weighted by Gasteiger charge is 2.68. The second-order valence-corrected chi connectivity index (χ2v) is 8.64. The summed E-state index contributed by atoms with van der Waals surface area (Å²) in [4.78, 5) is 18.0. The van der Waals surface area contributed by atoms with E-state index in [-0.39, 0.29) is 5.91 Å². The summed E-state index contributed by atoms with van der Waals surface area (Å²) >= 11 is 13.7. The summed E-state index contributed by atoms with van der Waals surface area (Å²) < 4.78 is -0.943. The lowest BCUT2D eigenvalue weighted by molar-refractivity contribution is -0.127. The zero-order valence-electron chi connectivity index (χ0n) is 11.7. The van der Waals surface area contributed by atoms with Crippen LogP contribution in [0, 0.1) is 19.3 Å². The number of alkyl halides is 2. The second kappa shape index (κ2) is 4.34. The van der Waals surface area contributed by atoms with Crippen LogP contribution in [0.25, 0.3) is 0 Å². The Hall–Kier alpha value is -0.320. The van der Waals surface area contributed by atoms with E-state index in [4.69, 9.17) is 23.2 Å². The van der Waals surface area contributed by atoms with Crippen molar-refractivity contribution in [2.75, 3.05) is 0 Å². The Morgan fingerprint density at radius 3 is 2.32 bits per heavy atom. The number of carbonyl (C=O) groups is 1. The van der Waals surface area contributed by atoms with Crippen LogP contribution in [0.1, 0.15) is 42.8 Å².